The van der Waals surface area contributed by atoms with E-state index >= 15 is 0 Å². The van der Waals surface area contributed by atoms with Gasteiger partial charge in [0.15, 0.2) is 0 Å². The van der Waals surface area contributed by atoms with Crippen molar-refractivity contribution in [1.29, 1.82) is 5.26 Å². The smallest absolute Gasteiger partial charge is 0.303 e. The Morgan fingerprint density at radius 3 is 2.85 bits per heavy atom. The Bertz CT molecular complexity index is 803. The molecule has 1 N–H and O–H groups in total. The molecule has 144 valence electrons. The topological polar surface area (TPSA) is 82.7 Å². The third kappa shape index (κ3) is 2.64. The molecular formula is C22H28N2O3. The molecule has 0 radical (unpaired) electrons. The fourth-order valence-electron chi connectivity index (χ4n) is 6.61. The minimum absolute atomic E-state index is 0.128. The summed E-state index contributed by atoms with van der Waals surface area (Å²) in [5.74, 6) is 0.726. The van der Waals surface area contributed by atoms with E-state index in [0.29, 0.717) is 18.3 Å². The number of carbonyl (C=O) groups excluding carboxylic acids is 1. The first-order valence-electron chi connectivity index (χ1n) is 10.1. The Kier molecular flexibility index (Phi) is 4.41. The van der Waals surface area contributed by atoms with Gasteiger partial charge in [0.1, 0.15) is 5.60 Å². The van der Waals surface area contributed by atoms with Crippen molar-refractivity contribution in [3.05, 3.63) is 22.8 Å². The molecule has 27 heavy (non-hydrogen) atoms. The number of fused-ring (bicyclic) bond motifs is 4. The average molecular weight is 368 g/mol. The molecule has 0 amide bonds. The standard InChI is InChI=1S/C22H28N2O3/c1-14(25)27-22(11-12-23)10-8-20-19-5-3-15-13-16(24-26)4-6-17(15)18(19)7-9-21(20,22)2/h13,19-20,26H,3-11H2,1-2H3/t19?,20?,21-,22+/m0/s1. The summed E-state index contributed by atoms with van der Waals surface area (Å²) >= 11 is 0. The van der Waals surface area contributed by atoms with Crippen molar-refractivity contribution in [2.75, 3.05) is 0 Å². The number of nitrogens with zero attached hydrogens (tertiary/aromatic N) is 2. The van der Waals surface area contributed by atoms with Crippen LogP contribution < -0.4 is 0 Å². The molecule has 4 aliphatic carbocycles. The van der Waals surface area contributed by atoms with Crippen molar-refractivity contribution < 1.29 is 14.7 Å². The Morgan fingerprint density at radius 1 is 1.33 bits per heavy atom. The van der Waals surface area contributed by atoms with E-state index in [1.807, 2.05) is 0 Å². The van der Waals surface area contributed by atoms with Crippen LogP contribution in [0.5, 0.6) is 0 Å². The van der Waals surface area contributed by atoms with Gasteiger partial charge in [0.25, 0.3) is 0 Å². The van der Waals surface area contributed by atoms with Crippen LogP contribution in [0.1, 0.15) is 71.6 Å². The van der Waals surface area contributed by atoms with Crippen molar-refractivity contribution in [3.8, 4) is 6.07 Å². The van der Waals surface area contributed by atoms with Gasteiger partial charge in [0.05, 0.1) is 18.2 Å². The third-order valence-corrected chi connectivity index (χ3v) is 7.87. The zero-order valence-corrected chi connectivity index (χ0v) is 16.3. The Morgan fingerprint density at radius 2 is 2.15 bits per heavy atom. The van der Waals surface area contributed by atoms with Gasteiger partial charge < -0.3 is 9.94 Å². The number of nitriles is 1. The van der Waals surface area contributed by atoms with Gasteiger partial charge in [-0.2, -0.15) is 5.26 Å². The van der Waals surface area contributed by atoms with Crippen LogP contribution in [-0.2, 0) is 9.53 Å². The minimum Gasteiger partial charge on any atom is -0.458 e. The summed E-state index contributed by atoms with van der Waals surface area (Å²) in [5, 5.41) is 22.0. The summed E-state index contributed by atoms with van der Waals surface area (Å²) in [7, 11) is 0. The number of rotatable bonds is 2. The molecule has 4 atom stereocenters. The number of carbonyl (C=O) groups is 1. The predicted molar refractivity (Wildman–Crippen MR) is 101 cm³/mol. The number of esters is 1. The highest BCUT2D eigenvalue weighted by Crippen LogP contribution is 2.65. The molecule has 2 fully saturated rings. The first-order valence-corrected chi connectivity index (χ1v) is 10.1. The second kappa shape index (κ2) is 6.51. The molecule has 0 aromatic heterocycles. The summed E-state index contributed by atoms with van der Waals surface area (Å²) in [6, 6.07) is 2.31. The van der Waals surface area contributed by atoms with Crippen LogP contribution in [-0.4, -0.2) is 22.5 Å². The zero-order chi connectivity index (χ0) is 19.2. The maximum atomic E-state index is 11.8. The van der Waals surface area contributed by atoms with Gasteiger partial charge in [-0.3, -0.25) is 4.79 Å². The van der Waals surface area contributed by atoms with E-state index in [1.165, 1.54) is 18.1 Å². The summed E-state index contributed by atoms with van der Waals surface area (Å²) in [6.07, 6.45) is 10.1. The van der Waals surface area contributed by atoms with Crippen molar-refractivity contribution in [2.45, 2.75) is 77.2 Å². The predicted octanol–water partition coefficient (Wildman–Crippen LogP) is 4.67. The van der Waals surface area contributed by atoms with Crippen LogP contribution in [0.2, 0.25) is 0 Å². The monoisotopic (exact) mass is 368 g/mol. The number of ether oxygens (including phenoxy) is 1. The summed E-state index contributed by atoms with van der Waals surface area (Å²) in [5.41, 5.74) is 4.46. The van der Waals surface area contributed by atoms with Crippen LogP contribution in [0.25, 0.3) is 0 Å². The van der Waals surface area contributed by atoms with Gasteiger partial charge in [-0.25, -0.2) is 0 Å². The van der Waals surface area contributed by atoms with Crippen LogP contribution in [0.4, 0.5) is 0 Å². The van der Waals surface area contributed by atoms with Crippen LogP contribution in [0.3, 0.4) is 0 Å². The largest absolute Gasteiger partial charge is 0.458 e. The molecule has 0 aromatic carbocycles. The van der Waals surface area contributed by atoms with Crippen molar-refractivity contribution in [1.82, 2.24) is 0 Å². The highest BCUT2D eigenvalue weighted by Gasteiger charge is 2.63. The second-order valence-corrected chi connectivity index (χ2v) is 8.90. The van der Waals surface area contributed by atoms with Gasteiger partial charge in [-0.15, -0.1) is 0 Å². The van der Waals surface area contributed by atoms with E-state index in [4.69, 9.17) is 9.94 Å². The molecule has 0 spiro atoms. The van der Waals surface area contributed by atoms with E-state index in [0.717, 1.165) is 57.1 Å². The summed E-state index contributed by atoms with van der Waals surface area (Å²) in [4.78, 5) is 11.8. The zero-order valence-electron chi connectivity index (χ0n) is 16.3. The lowest BCUT2D eigenvalue weighted by Crippen LogP contribution is -2.51. The number of hydrogen-bond donors (Lipinski definition) is 1. The van der Waals surface area contributed by atoms with Gasteiger partial charge in [0, 0.05) is 12.3 Å². The van der Waals surface area contributed by atoms with Crippen molar-refractivity contribution in [2.24, 2.45) is 22.4 Å². The van der Waals surface area contributed by atoms with E-state index in [1.54, 1.807) is 5.57 Å². The highest BCUT2D eigenvalue weighted by atomic mass is 16.6. The molecule has 0 saturated heterocycles. The van der Waals surface area contributed by atoms with Gasteiger partial charge in [-0.05, 0) is 80.4 Å². The van der Waals surface area contributed by atoms with Gasteiger partial charge >= 0.3 is 5.97 Å². The lowest BCUT2D eigenvalue weighted by atomic mass is 9.54. The third-order valence-electron chi connectivity index (χ3n) is 7.87. The first-order chi connectivity index (χ1) is 12.9. The summed E-state index contributed by atoms with van der Waals surface area (Å²) in [6.45, 7) is 3.72. The average Bonchev–Trinajstić information content (AvgIpc) is 2.93. The molecule has 4 rings (SSSR count). The van der Waals surface area contributed by atoms with Gasteiger partial charge in [-0.1, -0.05) is 17.7 Å². The Hall–Kier alpha value is -2.09. The molecule has 0 heterocycles. The SMILES string of the molecule is CC(=O)O[C@@]1(CC#N)CCC2C3CCC4=CC(=NO)CCC4=C3CC[C@@]21C. The number of hydrogen-bond acceptors (Lipinski definition) is 5. The molecule has 2 saturated carbocycles. The maximum absolute atomic E-state index is 11.8. The normalized spacial score (nSPS) is 39.1. The molecule has 5 nitrogen and oxygen atoms in total. The molecule has 2 unspecified atom stereocenters. The van der Waals surface area contributed by atoms with Gasteiger partial charge in [0.2, 0.25) is 0 Å². The van der Waals surface area contributed by atoms with Crippen molar-refractivity contribution in [3.63, 3.8) is 0 Å². The number of oxime groups is 1. The van der Waals surface area contributed by atoms with E-state index in [2.05, 4.69) is 24.2 Å². The van der Waals surface area contributed by atoms with E-state index in [-0.39, 0.29) is 11.4 Å². The van der Waals surface area contributed by atoms with Crippen LogP contribution in [0.15, 0.2) is 28.0 Å². The molecular weight excluding hydrogens is 340 g/mol. The molecule has 5 heteroatoms. The van der Waals surface area contributed by atoms with E-state index in [9.17, 15) is 10.1 Å². The maximum Gasteiger partial charge on any atom is 0.303 e. The Balaban J connectivity index is 1.71. The van der Waals surface area contributed by atoms with Crippen LogP contribution in [0, 0.1) is 28.6 Å². The molecule has 0 aromatic rings. The number of allylic oxidation sites excluding steroid dienone is 4. The summed E-state index contributed by atoms with van der Waals surface area (Å²) < 4.78 is 5.89. The fraction of sp³-hybridized carbons (Fsp3) is 0.682. The Labute approximate surface area is 160 Å². The lowest BCUT2D eigenvalue weighted by Gasteiger charge is -2.52. The highest BCUT2D eigenvalue weighted by molar-refractivity contribution is 5.97. The second-order valence-electron chi connectivity index (χ2n) is 8.90. The molecule has 0 aliphatic heterocycles. The molecule has 4 aliphatic rings. The van der Waals surface area contributed by atoms with E-state index < -0.39 is 5.60 Å². The van der Waals surface area contributed by atoms with Crippen molar-refractivity contribution >= 4 is 11.7 Å². The minimum atomic E-state index is -0.631. The fourth-order valence-corrected chi connectivity index (χ4v) is 6.61. The quantitative estimate of drug-likeness (QED) is 0.436. The van der Waals surface area contributed by atoms with Crippen LogP contribution >= 0.6 is 0 Å². The molecule has 0 bridgehead atoms. The first kappa shape index (κ1) is 18.3. The lowest BCUT2D eigenvalue weighted by molar-refractivity contribution is -0.174.